The molecule has 0 radical (unpaired) electrons. The van der Waals surface area contributed by atoms with Gasteiger partial charge in [-0.15, -0.1) is 0 Å². The topological polar surface area (TPSA) is 78.9 Å². The number of esters is 3. The molecule has 0 spiro atoms. The van der Waals surface area contributed by atoms with Gasteiger partial charge in [0.1, 0.15) is 13.2 Å². The number of carbonyl (C=O) groups excluding carboxylic acids is 3. The summed E-state index contributed by atoms with van der Waals surface area (Å²) < 4.78 is 16.6. The van der Waals surface area contributed by atoms with Gasteiger partial charge < -0.3 is 14.2 Å². The van der Waals surface area contributed by atoms with Crippen molar-refractivity contribution >= 4 is 17.9 Å². The summed E-state index contributed by atoms with van der Waals surface area (Å²) in [7, 11) is 0. The molecule has 59 heavy (non-hydrogen) atoms. The van der Waals surface area contributed by atoms with Crippen LogP contribution in [0.25, 0.3) is 0 Å². The van der Waals surface area contributed by atoms with E-state index < -0.39 is 12.1 Å². The number of allylic oxidation sites excluding steroid dienone is 17. The summed E-state index contributed by atoms with van der Waals surface area (Å²) in [5.74, 6) is -1.09. The number of rotatable bonds is 40. The zero-order valence-corrected chi connectivity index (χ0v) is 37.7. The van der Waals surface area contributed by atoms with Crippen molar-refractivity contribution < 1.29 is 28.6 Å². The van der Waals surface area contributed by atoms with Crippen LogP contribution in [0.15, 0.2) is 109 Å². The molecule has 0 aromatic rings. The maximum absolute atomic E-state index is 12.7. The third kappa shape index (κ3) is 45.0. The summed E-state index contributed by atoms with van der Waals surface area (Å²) in [4.78, 5) is 37.7. The van der Waals surface area contributed by atoms with Crippen LogP contribution in [0.2, 0.25) is 0 Å². The second-order valence-corrected chi connectivity index (χ2v) is 14.9. The van der Waals surface area contributed by atoms with Crippen LogP contribution in [0.1, 0.15) is 188 Å². The number of carbonyl (C=O) groups is 3. The Morgan fingerprint density at radius 2 is 0.763 bits per heavy atom. The Hall–Kier alpha value is -3.93. The molecule has 0 aromatic heterocycles. The Balaban J connectivity index is 4.41. The molecule has 0 N–H and O–H groups in total. The van der Waals surface area contributed by atoms with Gasteiger partial charge >= 0.3 is 17.9 Å². The summed E-state index contributed by atoms with van der Waals surface area (Å²) >= 11 is 0. The van der Waals surface area contributed by atoms with Crippen LogP contribution in [0.5, 0.6) is 0 Å². The average Bonchev–Trinajstić information content (AvgIpc) is 3.23. The molecule has 0 amide bonds. The van der Waals surface area contributed by atoms with Crippen molar-refractivity contribution in [2.75, 3.05) is 13.2 Å². The van der Waals surface area contributed by atoms with E-state index in [0.717, 1.165) is 109 Å². The lowest BCUT2D eigenvalue weighted by molar-refractivity contribution is -0.166. The minimum Gasteiger partial charge on any atom is -0.462 e. The molecule has 1 unspecified atom stereocenters. The second-order valence-electron chi connectivity index (χ2n) is 14.9. The molecular formula is C53H84O6. The summed E-state index contributed by atoms with van der Waals surface area (Å²) in [5.41, 5.74) is 0. The number of ether oxygens (including phenoxy) is 3. The summed E-state index contributed by atoms with van der Waals surface area (Å²) in [6.07, 6.45) is 62.5. The lowest BCUT2D eigenvalue weighted by Crippen LogP contribution is -2.30. The van der Waals surface area contributed by atoms with E-state index >= 15 is 0 Å². The fourth-order valence-electron chi connectivity index (χ4n) is 5.93. The molecule has 0 fully saturated rings. The van der Waals surface area contributed by atoms with E-state index in [1.807, 2.05) is 12.2 Å². The molecule has 6 nitrogen and oxygen atoms in total. The van der Waals surface area contributed by atoms with Crippen LogP contribution in [-0.2, 0) is 28.6 Å². The van der Waals surface area contributed by atoms with Crippen LogP contribution in [0, 0.1) is 0 Å². The molecule has 0 heterocycles. The van der Waals surface area contributed by atoms with E-state index in [-0.39, 0.29) is 38.0 Å². The van der Waals surface area contributed by atoms with Gasteiger partial charge in [-0.1, -0.05) is 194 Å². The average molecular weight is 817 g/mol. The predicted molar refractivity (Wildman–Crippen MR) is 251 cm³/mol. The normalized spacial score (nSPS) is 13.1. The van der Waals surface area contributed by atoms with Gasteiger partial charge in [0, 0.05) is 12.8 Å². The zero-order chi connectivity index (χ0) is 43.0. The van der Waals surface area contributed by atoms with E-state index in [0.29, 0.717) is 6.42 Å². The Morgan fingerprint density at radius 1 is 0.373 bits per heavy atom. The van der Waals surface area contributed by atoms with Gasteiger partial charge in [-0.3, -0.25) is 14.4 Å². The molecule has 0 aliphatic carbocycles. The van der Waals surface area contributed by atoms with Gasteiger partial charge in [-0.2, -0.15) is 0 Å². The Bertz CT molecular complexity index is 1260. The van der Waals surface area contributed by atoms with Crippen molar-refractivity contribution in [3.05, 3.63) is 109 Å². The van der Waals surface area contributed by atoms with Crippen molar-refractivity contribution in [2.24, 2.45) is 0 Å². The van der Waals surface area contributed by atoms with E-state index in [9.17, 15) is 14.4 Å². The first-order chi connectivity index (χ1) is 29.0. The Morgan fingerprint density at radius 3 is 1.29 bits per heavy atom. The third-order valence-corrected chi connectivity index (χ3v) is 9.35. The van der Waals surface area contributed by atoms with E-state index in [2.05, 4.69) is 112 Å². The third-order valence-electron chi connectivity index (χ3n) is 9.35. The first-order valence-corrected chi connectivity index (χ1v) is 23.4. The highest BCUT2D eigenvalue weighted by Crippen LogP contribution is 2.13. The van der Waals surface area contributed by atoms with Crippen LogP contribution < -0.4 is 0 Å². The number of hydrogen-bond donors (Lipinski definition) is 0. The molecule has 332 valence electrons. The predicted octanol–water partition coefficient (Wildman–Crippen LogP) is 15.2. The van der Waals surface area contributed by atoms with Crippen LogP contribution in [0.3, 0.4) is 0 Å². The standard InChI is InChI=1S/C53H84O6/c1-4-7-10-13-16-19-21-23-24-25-26-27-28-30-31-34-37-40-43-46-52(55)58-49-50(48-57-51(54)45-42-39-36-33-18-15-12-9-6-3)59-53(56)47-44-41-38-35-32-29-22-20-17-14-11-8-5-2/h7-12,14,16-20,22-24,33,39,42,50H,4-6,13,15,21,25-32,34-38,40-41,43-49H2,1-3H3/b10-7-,11-8-,12-9-,17-14-,19-16-,22-20-,24-23-,33-18-,42-39-. The monoisotopic (exact) mass is 817 g/mol. The first-order valence-electron chi connectivity index (χ1n) is 23.4. The largest absolute Gasteiger partial charge is 0.462 e. The maximum Gasteiger partial charge on any atom is 0.309 e. The van der Waals surface area contributed by atoms with Crippen LogP contribution in [0.4, 0.5) is 0 Å². The lowest BCUT2D eigenvalue weighted by atomic mass is 10.1. The molecular weight excluding hydrogens is 733 g/mol. The highest BCUT2D eigenvalue weighted by Gasteiger charge is 2.19. The van der Waals surface area contributed by atoms with Crippen molar-refractivity contribution in [1.29, 1.82) is 0 Å². The molecule has 0 saturated heterocycles. The van der Waals surface area contributed by atoms with Gasteiger partial charge in [0.15, 0.2) is 6.10 Å². The van der Waals surface area contributed by atoms with Crippen molar-refractivity contribution in [3.63, 3.8) is 0 Å². The first kappa shape index (κ1) is 55.1. The number of unbranched alkanes of at least 4 members (excludes halogenated alkanes) is 14. The minimum absolute atomic E-state index is 0.119. The smallest absolute Gasteiger partial charge is 0.309 e. The zero-order valence-electron chi connectivity index (χ0n) is 37.7. The fraction of sp³-hybridized carbons (Fsp3) is 0.604. The van der Waals surface area contributed by atoms with Gasteiger partial charge in [0.05, 0.1) is 6.42 Å². The molecule has 0 saturated carbocycles. The SMILES string of the molecule is CC\C=C/C=C\C=C/CCCCCCCC(=O)OC(COC(=O)C/C=C\C/C=C\C/C=C\CC)COC(=O)CCCCCCCCCCC/C=C\C/C=C\C/C=C\CC. The molecule has 1 atom stereocenters. The van der Waals surface area contributed by atoms with Crippen LogP contribution >= 0.6 is 0 Å². The highest BCUT2D eigenvalue weighted by atomic mass is 16.6. The Labute approximate surface area is 361 Å². The quantitative estimate of drug-likeness (QED) is 0.0201. The summed E-state index contributed by atoms with van der Waals surface area (Å²) in [6, 6.07) is 0. The molecule has 6 heteroatoms. The minimum atomic E-state index is -0.826. The molecule has 0 aromatic carbocycles. The van der Waals surface area contributed by atoms with Crippen molar-refractivity contribution in [2.45, 2.75) is 194 Å². The molecule has 0 aliphatic rings. The summed E-state index contributed by atoms with van der Waals surface area (Å²) in [6.45, 7) is 6.13. The van der Waals surface area contributed by atoms with Gasteiger partial charge in [-0.05, 0) is 83.5 Å². The number of hydrogen-bond acceptors (Lipinski definition) is 6. The van der Waals surface area contributed by atoms with Gasteiger partial charge in [0.25, 0.3) is 0 Å². The van der Waals surface area contributed by atoms with Crippen LogP contribution in [-0.4, -0.2) is 37.2 Å². The molecule has 0 bridgehead atoms. The van der Waals surface area contributed by atoms with Gasteiger partial charge in [-0.25, -0.2) is 0 Å². The summed E-state index contributed by atoms with van der Waals surface area (Å²) in [5, 5.41) is 0. The van der Waals surface area contributed by atoms with E-state index in [4.69, 9.17) is 14.2 Å². The van der Waals surface area contributed by atoms with Crippen molar-refractivity contribution in [1.82, 2.24) is 0 Å². The van der Waals surface area contributed by atoms with E-state index in [1.165, 1.54) is 38.5 Å². The maximum atomic E-state index is 12.7. The lowest BCUT2D eigenvalue weighted by Gasteiger charge is -2.18. The van der Waals surface area contributed by atoms with E-state index in [1.54, 1.807) is 6.08 Å². The Kier molecular flexibility index (Phi) is 43.6. The molecule has 0 rings (SSSR count). The highest BCUT2D eigenvalue weighted by molar-refractivity contribution is 5.72. The second kappa shape index (κ2) is 46.8. The fourth-order valence-corrected chi connectivity index (χ4v) is 5.93. The van der Waals surface area contributed by atoms with Gasteiger partial charge in [0.2, 0.25) is 0 Å². The molecule has 0 aliphatic heterocycles. The van der Waals surface area contributed by atoms with Crippen molar-refractivity contribution in [3.8, 4) is 0 Å².